The van der Waals surface area contributed by atoms with Crippen molar-refractivity contribution in [3.63, 3.8) is 0 Å². The maximum absolute atomic E-state index is 12.8. The van der Waals surface area contributed by atoms with Gasteiger partial charge in [0.15, 0.2) is 0 Å². The van der Waals surface area contributed by atoms with E-state index in [9.17, 15) is 14.7 Å². The van der Waals surface area contributed by atoms with Crippen molar-refractivity contribution in [2.75, 3.05) is 39.4 Å². The van der Waals surface area contributed by atoms with Crippen LogP contribution >= 0.6 is 11.3 Å². The molecule has 28 heavy (non-hydrogen) atoms. The molecular formula is C20H21N3O4S. The molecule has 7 nitrogen and oxygen atoms in total. The number of ether oxygens (including phenoxy) is 1. The molecule has 0 bridgehead atoms. The summed E-state index contributed by atoms with van der Waals surface area (Å²) in [7, 11) is 0. The molecule has 0 aromatic carbocycles. The fourth-order valence-electron chi connectivity index (χ4n) is 3.59. The van der Waals surface area contributed by atoms with Gasteiger partial charge < -0.3 is 14.7 Å². The number of amides is 1. The van der Waals surface area contributed by atoms with Crippen LogP contribution in [0.2, 0.25) is 0 Å². The van der Waals surface area contributed by atoms with Crippen molar-refractivity contribution in [3.8, 4) is 0 Å². The number of carbonyl (C=O) groups excluding carboxylic acids is 2. The lowest BCUT2D eigenvalue weighted by Gasteiger charge is -2.30. The van der Waals surface area contributed by atoms with Crippen LogP contribution in [0.3, 0.4) is 0 Å². The number of hydrogen-bond donors (Lipinski definition) is 1. The number of aliphatic hydroxyl groups is 1. The highest BCUT2D eigenvalue weighted by Gasteiger charge is 2.46. The molecule has 146 valence electrons. The van der Waals surface area contributed by atoms with Gasteiger partial charge in [-0.05, 0) is 23.6 Å². The highest BCUT2D eigenvalue weighted by molar-refractivity contribution is 7.10. The van der Waals surface area contributed by atoms with Crippen LogP contribution < -0.4 is 0 Å². The standard InChI is InChI=1S/C20H21N3O4S/c24-18(14-3-5-21-6-4-14)16-17(15-2-1-13-28-15)23(20(26)19(16)25)8-7-22-9-11-27-12-10-22/h1-6,13,17,24H,7-12H2/b18-16+. The lowest BCUT2D eigenvalue weighted by molar-refractivity contribution is -0.140. The SMILES string of the molecule is O=C1C(=O)N(CCN2CCOCC2)C(c2cccs2)/C1=C(\O)c1ccncc1. The molecule has 0 aliphatic carbocycles. The van der Waals surface area contributed by atoms with Gasteiger partial charge in [-0.15, -0.1) is 11.3 Å². The number of pyridine rings is 1. The summed E-state index contributed by atoms with van der Waals surface area (Å²) in [5.41, 5.74) is 0.614. The zero-order valence-electron chi connectivity index (χ0n) is 15.3. The van der Waals surface area contributed by atoms with E-state index in [0.29, 0.717) is 31.9 Å². The molecule has 0 spiro atoms. The Morgan fingerprint density at radius 2 is 1.93 bits per heavy atom. The Morgan fingerprint density at radius 1 is 1.18 bits per heavy atom. The van der Waals surface area contributed by atoms with Gasteiger partial charge in [-0.25, -0.2) is 0 Å². The Bertz CT molecular complexity index is 876. The second-order valence-corrected chi connectivity index (χ2v) is 7.68. The van der Waals surface area contributed by atoms with Crippen LogP contribution in [0, 0.1) is 0 Å². The number of hydrogen-bond acceptors (Lipinski definition) is 7. The number of Topliss-reactive ketones (excluding diaryl/α,β-unsaturated/α-hetero) is 1. The van der Waals surface area contributed by atoms with Gasteiger partial charge in [0.25, 0.3) is 11.7 Å². The van der Waals surface area contributed by atoms with Crippen molar-refractivity contribution in [1.82, 2.24) is 14.8 Å². The van der Waals surface area contributed by atoms with Gasteiger partial charge in [0.05, 0.1) is 24.8 Å². The van der Waals surface area contributed by atoms with Crippen molar-refractivity contribution in [2.45, 2.75) is 6.04 Å². The average molecular weight is 399 g/mol. The van der Waals surface area contributed by atoms with Gasteiger partial charge in [0, 0.05) is 49.0 Å². The monoisotopic (exact) mass is 399 g/mol. The van der Waals surface area contributed by atoms with E-state index in [1.807, 2.05) is 17.5 Å². The fourth-order valence-corrected chi connectivity index (χ4v) is 4.44. The van der Waals surface area contributed by atoms with Gasteiger partial charge in [-0.3, -0.25) is 19.5 Å². The van der Waals surface area contributed by atoms with Crippen LogP contribution in [0.1, 0.15) is 16.5 Å². The quantitative estimate of drug-likeness (QED) is 0.470. The molecule has 1 atom stereocenters. The summed E-state index contributed by atoms with van der Waals surface area (Å²) in [6.07, 6.45) is 3.09. The van der Waals surface area contributed by atoms with Gasteiger partial charge in [0.2, 0.25) is 0 Å². The normalized spacial score (nSPS) is 22.7. The minimum Gasteiger partial charge on any atom is -0.507 e. The molecule has 2 aliphatic rings. The maximum Gasteiger partial charge on any atom is 0.295 e. The largest absolute Gasteiger partial charge is 0.507 e. The topological polar surface area (TPSA) is 83.0 Å². The first-order valence-electron chi connectivity index (χ1n) is 9.19. The molecule has 2 fully saturated rings. The third kappa shape index (κ3) is 3.58. The summed E-state index contributed by atoms with van der Waals surface area (Å²) in [4.78, 5) is 34.2. The van der Waals surface area contributed by atoms with E-state index in [1.165, 1.54) is 11.3 Å². The lowest BCUT2D eigenvalue weighted by Crippen LogP contribution is -2.42. The van der Waals surface area contributed by atoms with Crippen LogP contribution in [-0.4, -0.2) is 71.0 Å². The highest BCUT2D eigenvalue weighted by Crippen LogP contribution is 2.40. The zero-order valence-corrected chi connectivity index (χ0v) is 16.1. The Kier molecular flexibility index (Phi) is 5.52. The van der Waals surface area contributed by atoms with Crippen LogP contribution in [0.4, 0.5) is 0 Å². The number of likely N-dealkylation sites (tertiary alicyclic amines) is 1. The summed E-state index contributed by atoms with van der Waals surface area (Å²) >= 11 is 1.47. The van der Waals surface area contributed by atoms with E-state index in [2.05, 4.69) is 9.88 Å². The Labute approximate surface area is 166 Å². The van der Waals surface area contributed by atoms with Crippen LogP contribution in [0.15, 0.2) is 47.6 Å². The second kappa shape index (κ2) is 8.22. The van der Waals surface area contributed by atoms with Crippen molar-refractivity contribution in [2.24, 2.45) is 0 Å². The molecule has 0 saturated carbocycles. The van der Waals surface area contributed by atoms with Gasteiger partial charge in [-0.1, -0.05) is 6.07 Å². The van der Waals surface area contributed by atoms with Crippen LogP contribution in [0.25, 0.3) is 5.76 Å². The molecule has 1 unspecified atom stereocenters. The van der Waals surface area contributed by atoms with Crippen molar-refractivity contribution in [1.29, 1.82) is 0 Å². The third-order valence-corrected chi connectivity index (χ3v) is 5.99. The van der Waals surface area contributed by atoms with E-state index in [0.717, 1.165) is 18.0 Å². The summed E-state index contributed by atoms with van der Waals surface area (Å²) in [6, 6.07) is 6.45. The van der Waals surface area contributed by atoms with Crippen molar-refractivity contribution < 1.29 is 19.4 Å². The molecule has 2 aliphatic heterocycles. The van der Waals surface area contributed by atoms with E-state index in [-0.39, 0.29) is 11.3 Å². The zero-order chi connectivity index (χ0) is 19.5. The number of nitrogens with zero attached hydrogens (tertiary/aromatic N) is 3. The first kappa shape index (κ1) is 18.8. The van der Waals surface area contributed by atoms with Crippen LogP contribution in [-0.2, 0) is 14.3 Å². The molecule has 2 saturated heterocycles. The number of carbonyl (C=O) groups is 2. The summed E-state index contributed by atoms with van der Waals surface area (Å²) < 4.78 is 5.37. The summed E-state index contributed by atoms with van der Waals surface area (Å²) in [5, 5.41) is 12.7. The lowest BCUT2D eigenvalue weighted by atomic mass is 10.0. The van der Waals surface area contributed by atoms with Crippen LogP contribution in [0.5, 0.6) is 0 Å². The average Bonchev–Trinajstić information content (AvgIpc) is 3.35. The molecule has 4 rings (SSSR count). The smallest absolute Gasteiger partial charge is 0.295 e. The van der Waals surface area contributed by atoms with Gasteiger partial charge in [-0.2, -0.15) is 0 Å². The van der Waals surface area contributed by atoms with E-state index < -0.39 is 17.7 Å². The summed E-state index contributed by atoms with van der Waals surface area (Å²) in [5.74, 6) is -1.37. The molecule has 0 radical (unpaired) electrons. The minimum atomic E-state index is -0.644. The molecule has 2 aromatic rings. The van der Waals surface area contributed by atoms with Gasteiger partial charge in [0.1, 0.15) is 5.76 Å². The van der Waals surface area contributed by atoms with E-state index >= 15 is 0 Å². The predicted octanol–water partition coefficient (Wildman–Crippen LogP) is 1.90. The first-order chi connectivity index (χ1) is 13.7. The summed E-state index contributed by atoms with van der Waals surface area (Å²) in [6.45, 7) is 4.05. The molecule has 2 aromatic heterocycles. The maximum atomic E-state index is 12.8. The minimum absolute atomic E-state index is 0.139. The number of thiophene rings is 1. The number of aliphatic hydroxyl groups excluding tert-OH is 1. The molecule has 8 heteroatoms. The second-order valence-electron chi connectivity index (χ2n) is 6.70. The number of morpholine rings is 1. The van der Waals surface area contributed by atoms with Crippen molar-refractivity contribution in [3.05, 3.63) is 58.1 Å². The Balaban J connectivity index is 1.68. The first-order valence-corrected chi connectivity index (χ1v) is 10.1. The highest BCUT2D eigenvalue weighted by atomic mass is 32.1. The third-order valence-electron chi connectivity index (χ3n) is 5.07. The van der Waals surface area contributed by atoms with Gasteiger partial charge >= 0.3 is 0 Å². The Hall–Kier alpha value is -2.55. The number of aromatic nitrogens is 1. The number of rotatable bonds is 5. The molecular weight excluding hydrogens is 378 g/mol. The Morgan fingerprint density at radius 3 is 2.61 bits per heavy atom. The number of ketones is 1. The molecule has 4 heterocycles. The predicted molar refractivity (Wildman–Crippen MR) is 105 cm³/mol. The van der Waals surface area contributed by atoms with E-state index in [4.69, 9.17) is 4.74 Å². The molecule has 1 amide bonds. The fraction of sp³-hybridized carbons (Fsp3) is 0.350. The van der Waals surface area contributed by atoms with E-state index in [1.54, 1.807) is 29.4 Å². The molecule has 1 N–H and O–H groups in total. The van der Waals surface area contributed by atoms with Crippen molar-refractivity contribution >= 4 is 28.8 Å².